The summed E-state index contributed by atoms with van der Waals surface area (Å²) in [5.74, 6) is 0.115. The zero-order chi connectivity index (χ0) is 20.3. The number of aromatic nitrogens is 4. The summed E-state index contributed by atoms with van der Waals surface area (Å²) >= 11 is 18.3. The first-order chi connectivity index (χ1) is 13.4. The van der Waals surface area contributed by atoms with E-state index in [-0.39, 0.29) is 24.9 Å². The van der Waals surface area contributed by atoms with E-state index in [9.17, 15) is 4.79 Å². The van der Waals surface area contributed by atoms with Gasteiger partial charge in [-0.2, -0.15) is 10.2 Å². The Morgan fingerprint density at radius 1 is 1.11 bits per heavy atom. The molecule has 0 spiro atoms. The number of halogens is 3. The summed E-state index contributed by atoms with van der Waals surface area (Å²) < 4.78 is 8.82. The molecule has 3 rings (SSSR count). The Labute approximate surface area is 177 Å². The molecule has 0 fully saturated rings. The Morgan fingerprint density at radius 2 is 1.82 bits per heavy atom. The molecule has 28 heavy (non-hydrogen) atoms. The van der Waals surface area contributed by atoms with Crippen LogP contribution in [0.15, 0.2) is 36.7 Å². The zero-order valence-electron chi connectivity index (χ0n) is 15.3. The lowest BCUT2D eigenvalue weighted by molar-refractivity contribution is 0.0775. The van der Waals surface area contributed by atoms with Crippen LogP contribution in [0.3, 0.4) is 0 Å². The summed E-state index contributed by atoms with van der Waals surface area (Å²) in [6.45, 7) is 3.01. The van der Waals surface area contributed by atoms with E-state index in [1.54, 1.807) is 48.4 Å². The third-order valence-corrected chi connectivity index (χ3v) is 4.88. The second kappa shape index (κ2) is 8.86. The van der Waals surface area contributed by atoms with E-state index in [0.29, 0.717) is 33.1 Å². The van der Waals surface area contributed by atoms with Crippen molar-refractivity contribution in [2.24, 2.45) is 0 Å². The molecule has 7 nitrogen and oxygen atoms in total. The van der Waals surface area contributed by atoms with Gasteiger partial charge in [-0.15, -0.1) is 0 Å². The molecule has 2 heterocycles. The SMILES string of the molecule is CCn1cc(Cl)c(CN(C)C(=O)c2ccn(COc3c(Cl)cccc3Cl)n2)n1. The van der Waals surface area contributed by atoms with E-state index in [1.165, 1.54) is 9.58 Å². The minimum absolute atomic E-state index is 0.0627. The van der Waals surface area contributed by atoms with Crippen LogP contribution in [0.1, 0.15) is 23.1 Å². The number of hydrogen-bond acceptors (Lipinski definition) is 4. The van der Waals surface area contributed by atoms with Crippen molar-refractivity contribution in [3.05, 3.63) is 63.1 Å². The maximum atomic E-state index is 12.6. The number of nitrogens with zero attached hydrogens (tertiary/aromatic N) is 5. The van der Waals surface area contributed by atoms with Crippen LogP contribution in [-0.2, 0) is 19.8 Å². The summed E-state index contributed by atoms with van der Waals surface area (Å²) in [6, 6.07) is 6.71. The van der Waals surface area contributed by atoms with Crippen molar-refractivity contribution in [2.45, 2.75) is 26.7 Å². The highest BCUT2D eigenvalue weighted by Crippen LogP contribution is 2.32. The Bertz CT molecular complexity index is 965. The number of ether oxygens (including phenoxy) is 1. The maximum absolute atomic E-state index is 12.6. The number of carbonyl (C=O) groups excluding carboxylic acids is 1. The van der Waals surface area contributed by atoms with Gasteiger partial charge in [-0.1, -0.05) is 40.9 Å². The summed E-state index contributed by atoms with van der Waals surface area (Å²) in [7, 11) is 1.67. The average Bonchev–Trinajstić information content (AvgIpc) is 3.27. The van der Waals surface area contributed by atoms with Gasteiger partial charge >= 0.3 is 0 Å². The van der Waals surface area contributed by atoms with Gasteiger partial charge in [-0.05, 0) is 25.1 Å². The topological polar surface area (TPSA) is 65.2 Å². The van der Waals surface area contributed by atoms with Crippen molar-refractivity contribution >= 4 is 40.7 Å². The highest BCUT2D eigenvalue weighted by molar-refractivity contribution is 6.37. The molecular weight excluding hydrogens is 425 g/mol. The van der Waals surface area contributed by atoms with E-state index < -0.39 is 0 Å². The number of benzene rings is 1. The molecule has 0 unspecified atom stereocenters. The van der Waals surface area contributed by atoms with Crippen LogP contribution >= 0.6 is 34.8 Å². The molecular formula is C18H18Cl3N5O2. The summed E-state index contributed by atoms with van der Waals surface area (Å²) in [5.41, 5.74) is 0.915. The minimum Gasteiger partial charge on any atom is -0.468 e. The van der Waals surface area contributed by atoms with Crippen molar-refractivity contribution in [1.29, 1.82) is 0 Å². The molecule has 0 aliphatic carbocycles. The smallest absolute Gasteiger partial charge is 0.274 e. The van der Waals surface area contributed by atoms with Crippen molar-refractivity contribution in [2.75, 3.05) is 7.05 Å². The zero-order valence-corrected chi connectivity index (χ0v) is 17.5. The molecule has 0 saturated heterocycles. The number of hydrogen-bond donors (Lipinski definition) is 0. The fourth-order valence-corrected chi connectivity index (χ4v) is 3.21. The third-order valence-electron chi connectivity index (χ3n) is 3.96. The molecule has 0 saturated carbocycles. The number of aryl methyl sites for hydroxylation is 1. The molecule has 10 heteroatoms. The molecule has 0 radical (unpaired) electrons. The Kier molecular flexibility index (Phi) is 6.49. The summed E-state index contributed by atoms with van der Waals surface area (Å²) in [6.07, 6.45) is 3.38. The highest BCUT2D eigenvalue weighted by Gasteiger charge is 2.18. The van der Waals surface area contributed by atoms with Gasteiger partial charge in [0.2, 0.25) is 0 Å². The van der Waals surface area contributed by atoms with Crippen molar-refractivity contribution in [3.8, 4) is 5.75 Å². The lowest BCUT2D eigenvalue weighted by Crippen LogP contribution is -2.27. The Balaban J connectivity index is 1.64. The standard InChI is InChI=1S/C18H18Cl3N5O2/c1-3-25-9-14(21)16(23-25)10-24(2)18(27)15-7-8-26(22-15)11-28-17-12(19)5-4-6-13(17)20/h4-9H,3,10-11H2,1-2H3. The van der Waals surface area contributed by atoms with Gasteiger partial charge < -0.3 is 9.64 Å². The fraction of sp³-hybridized carbons (Fsp3) is 0.278. The maximum Gasteiger partial charge on any atom is 0.274 e. The predicted molar refractivity (Wildman–Crippen MR) is 108 cm³/mol. The summed E-state index contributed by atoms with van der Waals surface area (Å²) in [4.78, 5) is 14.1. The molecule has 2 aromatic heterocycles. The second-order valence-corrected chi connectivity index (χ2v) is 7.23. The van der Waals surface area contributed by atoms with Crippen LogP contribution < -0.4 is 4.74 Å². The molecule has 148 valence electrons. The van der Waals surface area contributed by atoms with E-state index in [4.69, 9.17) is 39.5 Å². The van der Waals surface area contributed by atoms with Crippen molar-refractivity contribution in [3.63, 3.8) is 0 Å². The predicted octanol–water partition coefficient (Wildman–Crippen LogP) is 4.37. The van der Waals surface area contributed by atoms with Crippen molar-refractivity contribution < 1.29 is 9.53 Å². The fourth-order valence-electron chi connectivity index (χ4n) is 2.50. The van der Waals surface area contributed by atoms with Gasteiger partial charge in [0.15, 0.2) is 18.2 Å². The molecule has 1 aromatic carbocycles. The van der Waals surface area contributed by atoms with Crippen LogP contribution in [0.25, 0.3) is 0 Å². The van der Waals surface area contributed by atoms with Gasteiger partial charge in [-0.25, -0.2) is 4.68 Å². The number of carbonyl (C=O) groups is 1. The Hall–Kier alpha value is -2.22. The van der Waals surface area contributed by atoms with E-state index in [2.05, 4.69) is 10.2 Å². The monoisotopic (exact) mass is 441 g/mol. The molecule has 0 bridgehead atoms. The third kappa shape index (κ3) is 4.60. The molecule has 1 amide bonds. The quantitative estimate of drug-likeness (QED) is 0.545. The first-order valence-electron chi connectivity index (χ1n) is 8.46. The molecule has 0 aliphatic rings. The molecule has 0 N–H and O–H groups in total. The first-order valence-corrected chi connectivity index (χ1v) is 9.60. The average molecular weight is 443 g/mol. The van der Waals surface area contributed by atoms with E-state index in [0.717, 1.165) is 0 Å². The van der Waals surface area contributed by atoms with Crippen LogP contribution in [0.5, 0.6) is 5.75 Å². The van der Waals surface area contributed by atoms with Crippen molar-refractivity contribution in [1.82, 2.24) is 24.5 Å². The van der Waals surface area contributed by atoms with Gasteiger partial charge in [0.1, 0.15) is 5.69 Å². The number of para-hydroxylation sites is 1. The molecule has 3 aromatic rings. The second-order valence-electron chi connectivity index (χ2n) is 6.01. The number of amides is 1. The minimum atomic E-state index is -0.253. The van der Waals surface area contributed by atoms with Crippen LogP contribution in [0.2, 0.25) is 15.1 Å². The van der Waals surface area contributed by atoms with Gasteiger partial charge in [-0.3, -0.25) is 9.48 Å². The van der Waals surface area contributed by atoms with Crippen LogP contribution in [0, 0.1) is 0 Å². The lowest BCUT2D eigenvalue weighted by atomic mass is 10.3. The molecule has 0 aliphatic heterocycles. The normalized spacial score (nSPS) is 10.9. The molecule has 0 atom stereocenters. The highest BCUT2D eigenvalue weighted by atomic mass is 35.5. The summed E-state index contributed by atoms with van der Waals surface area (Å²) in [5, 5.41) is 9.92. The Morgan fingerprint density at radius 3 is 2.46 bits per heavy atom. The van der Waals surface area contributed by atoms with Crippen LogP contribution in [0.4, 0.5) is 0 Å². The van der Waals surface area contributed by atoms with E-state index in [1.807, 2.05) is 6.92 Å². The van der Waals surface area contributed by atoms with E-state index >= 15 is 0 Å². The van der Waals surface area contributed by atoms with Crippen LogP contribution in [-0.4, -0.2) is 37.4 Å². The van der Waals surface area contributed by atoms with Gasteiger partial charge in [0, 0.05) is 26.0 Å². The van der Waals surface area contributed by atoms with Gasteiger partial charge in [0.05, 0.1) is 21.6 Å². The first kappa shape index (κ1) is 20.5. The number of rotatable bonds is 7. The largest absolute Gasteiger partial charge is 0.468 e. The van der Waals surface area contributed by atoms with Gasteiger partial charge in [0.25, 0.3) is 5.91 Å². The lowest BCUT2D eigenvalue weighted by Gasteiger charge is -2.14.